The normalized spacial score (nSPS) is 18.4. The molecule has 1 amide bonds. The van der Waals surface area contributed by atoms with Gasteiger partial charge in [-0.2, -0.15) is 4.68 Å². The van der Waals surface area contributed by atoms with Crippen molar-refractivity contribution in [2.24, 2.45) is 5.73 Å². The van der Waals surface area contributed by atoms with E-state index in [-0.39, 0.29) is 12.3 Å². The SMILES string of the molecule is Cc1cnc(CC2(c3ccc(F)cn3)C=C(n3nnnc3C(C)C)C=C(C(N)=O)C2)cn1. The van der Waals surface area contributed by atoms with Crippen LogP contribution >= 0.6 is 0 Å². The molecule has 0 radical (unpaired) electrons. The topological polar surface area (TPSA) is 125 Å². The number of allylic oxidation sites excluding steroid dienone is 3. The average molecular weight is 434 g/mol. The van der Waals surface area contributed by atoms with E-state index in [0.717, 1.165) is 11.9 Å². The summed E-state index contributed by atoms with van der Waals surface area (Å²) in [5, 5.41) is 12.0. The Bertz CT molecular complexity index is 1200. The molecule has 1 aliphatic rings. The Morgan fingerprint density at radius 3 is 2.66 bits per heavy atom. The van der Waals surface area contributed by atoms with Gasteiger partial charge in [0.2, 0.25) is 5.91 Å². The van der Waals surface area contributed by atoms with Crippen molar-refractivity contribution in [3.05, 3.63) is 77.2 Å². The lowest BCUT2D eigenvalue weighted by molar-refractivity contribution is -0.114. The Hall–Kier alpha value is -3.82. The van der Waals surface area contributed by atoms with E-state index in [1.165, 1.54) is 6.07 Å². The number of hydrogen-bond acceptors (Lipinski definition) is 7. The summed E-state index contributed by atoms with van der Waals surface area (Å²) in [6.07, 6.45) is 8.79. The van der Waals surface area contributed by atoms with Crippen LogP contribution in [0.3, 0.4) is 0 Å². The van der Waals surface area contributed by atoms with Crippen molar-refractivity contribution in [3.8, 4) is 0 Å². The van der Waals surface area contributed by atoms with Gasteiger partial charge in [-0.25, -0.2) is 4.39 Å². The first-order valence-corrected chi connectivity index (χ1v) is 10.2. The summed E-state index contributed by atoms with van der Waals surface area (Å²) in [4.78, 5) is 25.5. The van der Waals surface area contributed by atoms with Crippen molar-refractivity contribution >= 4 is 11.6 Å². The van der Waals surface area contributed by atoms with Crippen LogP contribution in [-0.4, -0.2) is 41.1 Å². The maximum absolute atomic E-state index is 13.7. The van der Waals surface area contributed by atoms with Gasteiger partial charge in [0, 0.05) is 35.7 Å². The molecule has 0 spiro atoms. The Morgan fingerprint density at radius 2 is 2.03 bits per heavy atom. The van der Waals surface area contributed by atoms with Gasteiger partial charge in [0.15, 0.2) is 5.82 Å². The summed E-state index contributed by atoms with van der Waals surface area (Å²) in [6, 6.07) is 2.95. The molecule has 1 aliphatic carbocycles. The minimum Gasteiger partial charge on any atom is -0.366 e. The van der Waals surface area contributed by atoms with Crippen LogP contribution in [0.2, 0.25) is 0 Å². The summed E-state index contributed by atoms with van der Waals surface area (Å²) in [7, 11) is 0. The largest absolute Gasteiger partial charge is 0.366 e. The number of amides is 1. The number of carbonyl (C=O) groups is 1. The lowest BCUT2D eigenvalue weighted by atomic mass is 9.71. The Morgan fingerprint density at radius 1 is 1.22 bits per heavy atom. The number of tetrazole rings is 1. The lowest BCUT2D eigenvalue weighted by Crippen LogP contribution is -2.35. The molecule has 0 saturated carbocycles. The van der Waals surface area contributed by atoms with Crippen molar-refractivity contribution in [3.63, 3.8) is 0 Å². The second kappa shape index (κ2) is 8.37. The maximum atomic E-state index is 13.7. The second-order valence-corrected chi connectivity index (χ2v) is 8.23. The summed E-state index contributed by atoms with van der Waals surface area (Å²) in [6.45, 7) is 5.80. The molecule has 10 heteroatoms. The first-order chi connectivity index (χ1) is 15.3. The number of primary amides is 1. The smallest absolute Gasteiger partial charge is 0.244 e. The fourth-order valence-electron chi connectivity index (χ4n) is 3.84. The molecule has 0 saturated heterocycles. The quantitative estimate of drug-likeness (QED) is 0.631. The fourth-order valence-corrected chi connectivity index (χ4v) is 3.84. The molecular formula is C22H23FN8O. The van der Waals surface area contributed by atoms with Gasteiger partial charge in [0.25, 0.3) is 0 Å². The third-order valence-electron chi connectivity index (χ3n) is 5.39. The van der Waals surface area contributed by atoms with Gasteiger partial charge in [-0.1, -0.05) is 13.8 Å². The van der Waals surface area contributed by atoms with E-state index in [2.05, 4.69) is 30.5 Å². The van der Waals surface area contributed by atoms with Crippen molar-refractivity contribution in [1.29, 1.82) is 0 Å². The molecule has 3 aromatic heterocycles. The van der Waals surface area contributed by atoms with Crippen LogP contribution in [0.1, 0.15) is 49.1 Å². The summed E-state index contributed by atoms with van der Waals surface area (Å²) < 4.78 is 15.3. The molecule has 9 nitrogen and oxygen atoms in total. The predicted molar refractivity (Wildman–Crippen MR) is 114 cm³/mol. The van der Waals surface area contributed by atoms with Gasteiger partial charge in [-0.05, 0) is 48.1 Å². The van der Waals surface area contributed by atoms with Crippen LogP contribution in [-0.2, 0) is 16.6 Å². The Kier molecular flexibility index (Phi) is 5.60. The lowest BCUT2D eigenvalue weighted by Gasteiger charge is -2.34. The first-order valence-electron chi connectivity index (χ1n) is 10.2. The van der Waals surface area contributed by atoms with Gasteiger partial charge in [-0.3, -0.25) is 19.7 Å². The van der Waals surface area contributed by atoms with Crippen molar-refractivity contribution in [1.82, 2.24) is 35.2 Å². The number of aromatic nitrogens is 7. The van der Waals surface area contributed by atoms with E-state index >= 15 is 0 Å². The number of aryl methyl sites for hydroxylation is 1. The van der Waals surface area contributed by atoms with Crippen molar-refractivity contribution < 1.29 is 9.18 Å². The molecule has 3 heterocycles. The van der Waals surface area contributed by atoms with Gasteiger partial charge < -0.3 is 5.73 Å². The van der Waals surface area contributed by atoms with Gasteiger partial charge in [-0.15, -0.1) is 5.10 Å². The molecule has 3 aromatic rings. The summed E-state index contributed by atoms with van der Waals surface area (Å²) in [5.41, 5.74) is 7.91. The Labute approximate surface area is 184 Å². The molecule has 2 N–H and O–H groups in total. The van der Waals surface area contributed by atoms with Crippen LogP contribution in [0.25, 0.3) is 5.70 Å². The maximum Gasteiger partial charge on any atom is 0.244 e. The summed E-state index contributed by atoms with van der Waals surface area (Å²) >= 11 is 0. The number of pyridine rings is 1. The number of rotatable bonds is 6. The van der Waals surface area contributed by atoms with E-state index in [1.54, 1.807) is 29.2 Å². The second-order valence-electron chi connectivity index (χ2n) is 8.23. The summed E-state index contributed by atoms with van der Waals surface area (Å²) in [5.74, 6) is -0.336. The molecular weight excluding hydrogens is 411 g/mol. The fraction of sp³-hybridized carbons (Fsp3) is 0.318. The zero-order valence-electron chi connectivity index (χ0n) is 18.0. The molecule has 0 bridgehead atoms. The number of nitrogens with two attached hydrogens (primary N) is 1. The van der Waals surface area contributed by atoms with Crippen LogP contribution < -0.4 is 5.73 Å². The van der Waals surface area contributed by atoms with Gasteiger partial charge in [0.1, 0.15) is 5.82 Å². The van der Waals surface area contributed by atoms with Crippen LogP contribution in [0, 0.1) is 12.7 Å². The zero-order valence-corrected chi connectivity index (χ0v) is 18.0. The number of hydrogen-bond donors (Lipinski definition) is 1. The number of nitrogens with zero attached hydrogens (tertiary/aromatic N) is 7. The standard InChI is InChI=1S/C22H23FN8O/c1-13(2)21-28-29-30-31(21)18-6-15(20(24)32)7-22(9-18,19-5-4-16(23)11-27-19)8-17-12-25-14(3)10-26-17/h4-6,9-13H,7-8H2,1-3H3,(H2,24,32). The third-order valence-corrected chi connectivity index (χ3v) is 5.39. The predicted octanol–water partition coefficient (Wildman–Crippen LogP) is 2.27. The highest BCUT2D eigenvalue weighted by Gasteiger charge is 2.38. The molecule has 1 atom stereocenters. The zero-order chi connectivity index (χ0) is 22.9. The molecule has 1 unspecified atom stereocenters. The molecule has 0 aliphatic heterocycles. The van der Waals surface area contributed by atoms with Gasteiger partial charge >= 0.3 is 0 Å². The van der Waals surface area contributed by atoms with Crippen molar-refractivity contribution in [2.45, 2.75) is 44.9 Å². The monoisotopic (exact) mass is 434 g/mol. The molecule has 4 rings (SSSR count). The van der Waals surface area contributed by atoms with Crippen LogP contribution in [0.4, 0.5) is 4.39 Å². The van der Waals surface area contributed by atoms with Crippen LogP contribution in [0.15, 0.2) is 48.4 Å². The average Bonchev–Trinajstić information content (AvgIpc) is 3.26. The van der Waals surface area contributed by atoms with E-state index in [1.807, 2.05) is 26.8 Å². The number of carbonyl (C=O) groups excluding carboxylic acids is 1. The minimum atomic E-state index is -0.841. The Balaban J connectivity index is 1.92. The third kappa shape index (κ3) is 4.16. The van der Waals surface area contributed by atoms with E-state index < -0.39 is 17.1 Å². The van der Waals surface area contributed by atoms with Crippen LogP contribution in [0.5, 0.6) is 0 Å². The minimum absolute atomic E-state index is 0.0413. The molecule has 0 aromatic carbocycles. The molecule has 32 heavy (non-hydrogen) atoms. The number of halogens is 1. The van der Waals surface area contributed by atoms with Gasteiger partial charge in [0.05, 0.1) is 29.0 Å². The highest BCUT2D eigenvalue weighted by Crippen LogP contribution is 2.40. The molecule has 164 valence electrons. The van der Waals surface area contributed by atoms with E-state index in [4.69, 9.17) is 5.73 Å². The van der Waals surface area contributed by atoms with E-state index in [0.29, 0.717) is 34.9 Å². The first kappa shape index (κ1) is 21.4. The van der Waals surface area contributed by atoms with E-state index in [9.17, 15) is 9.18 Å². The molecule has 0 fully saturated rings. The van der Waals surface area contributed by atoms with Crippen molar-refractivity contribution in [2.75, 3.05) is 0 Å². The highest BCUT2D eigenvalue weighted by molar-refractivity contribution is 5.95. The highest BCUT2D eigenvalue weighted by atomic mass is 19.1.